The second-order valence-corrected chi connectivity index (χ2v) is 9.56. The van der Waals surface area contributed by atoms with E-state index in [0.29, 0.717) is 12.6 Å². The van der Waals surface area contributed by atoms with E-state index in [-0.39, 0.29) is 13.0 Å². The van der Waals surface area contributed by atoms with Crippen molar-refractivity contribution in [1.29, 1.82) is 0 Å². The summed E-state index contributed by atoms with van der Waals surface area (Å²) in [4.78, 5) is 49.9. The standard InChI is InChI=1S/C22H31NO8/c1-8-10-22-14(15(12-25)23(22)18(26)30-20(2,3)4)13-28-16(9-11-24)17(22)29-19(27)31-21(5,6)7/h11-12,14-17H,9,13H2,1-7H3/t14-,15+,16+,17+,22+/m1/s1. The predicted octanol–water partition coefficient (Wildman–Crippen LogP) is 2.49. The van der Waals surface area contributed by atoms with Gasteiger partial charge in [0.25, 0.3) is 0 Å². The zero-order chi connectivity index (χ0) is 23.6. The van der Waals surface area contributed by atoms with Crippen LogP contribution in [0.2, 0.25) is 0 Å². The van der Waals surface area contributed by atoms with E-state index in [9.17, 15) is 19.2 Å². The summed E-state index contributed by atoms with van der Waals surface area (Å²) in [7, 11) is 0. The van der Waals surface area contributed by atoms with Gasteiger partial charge in [0.05, 0.1) is 6.61 Å². The van der Waals surface area contributed by atoms with Gasteiger partial charge in [0.15, 0.2) is 11.6 Å². The lowest BCUT2D eigenvalue weighted by atomic mass is 9.63. The molecule has 2 saturated heterocycles. The summed E-state index contributed by atoms with van der Waals surface area (Å²) in [5.41, 5.74) is -3.05. The first-order valence-electron chi connectivity index (χ1n) is 10.2. The Kier molecular flexibility index (Phi) is 7.06. The molecular weight excluding hydrogens is 406 g/mol. The van der Waals surface area contributed by atoms with Crippen molar-refractivity contribution < 1.29 is 38.1 Å². The van der Waals surface area contributed by atoms with Crippen LogP contribution in [0.1, 0.15) is 54.9 Å². The lowest BCUT2D eigenvalue weighted by Crippen LogP contribution is -2.84. The maximum absolute atomic E-state index is 13.1. The molecule has 0 radical (unpaired) electrons. The quantitative estimate of drug-likeness (QED) is 0.375. The van der Waals surface area contributed by atoms with Crippen LogP contribution < -0.4 is 0 Å². The molecule has 0 unspecified atom stereocenters. The van der Waals surface area contributed by atoms with Crippen molar-refractivity contribution in [3.63, 3.8) is 0 Å². The van der Waals surface area contributed by atoms with E-state index in [1.807, 2.05) is 0 Å². The SMILES string of the molecule is CC#C[C@]12[C@H](CO[C@@H](CC=O)[C@@H]1OC(=O)OC(C)(C)C)[C@H](C=O)N2C(=O)OC(C)(C)C. The highest BCUT2D eigenvalue weighted by Crippen LogP contribution is 2.50. The maximum Gasteiger partial charge on any atom is 0.509 e. The number of nitrogens with zero attached hydrogens (tertiary/aromatic N) is 1. The van der Waals surface area contributed by atoms with Gasteiger partial charge in [-0.25, -0.2) is 9.59 Å². The molecular formula is C22H31NO8. The predicted molar refractivity (Wildman–Crippen MR) is 109 cm³/mol. The third-order valence-corrected chi connectivity index (χ3v) is 4.93. The highest BCUT2D eigenvalue weighted by molar-refractivity contribution is 5.80. The molecule has 9 nitrogen and oxygen atoms in total. The fourth-order valence-corrected chi connectivity index (χ4v) is 3.95. The molecule has 5 atom stereocenters. The average Bonchev–Trinajstić information content (AvgIpc) is 2.58. The molecule has 0 bridgehead atoms. The minimum atomic E-state index is -1.40. The zero-order valence-corrected chi connectivity index (χ0v) is 19.1. The van der Waals surface area contributed by atoms with Crippen LogP contribution in [0, 0.1) is 17.8 Å². The molecule has 2 fully saturated rings. The smallest absolute Gasteiger partial charge is 0.444 e. The molecule has 9 heteroatoms. The summed E-state index contributed by atoms with van der Waals surface area (Å²) in [6.45, 7) is 11.8. The van der Waals surface area contributed by atoms with Gasteiger partial charge in [0, 0.05) is 12.3 Å². The van der Waals surface area contributed by atoms with Crippen molar-refractivity contribution >= 4 is 24.8 Å². The van der Waals surface area contributed by atoms with Gasteiger partial charge in [0.1, 0.15) is 35.9 Å². The Morgan fingerprint density at radius 2 is 1.74 bits per heavy atom. The fourth-order valence-electron chi connectivity index (χ4n) is 3.95. The first-order valence-corrected chi connectivity index (χ1v) is 10.2. The lowest BCUT2D eigenvalue weighted by molar-refractivity contribution is -0.239. The Morgan fingerprint density at radius 3 is 2.23 bits per heavy atom. The molecule has 0 aromatic rings. The van der Waals surface area contributed by atoms with Crippen molar-refractivity contribution in [3.05, 3.63) is 0 Å². The van der Waals surface area contributed by atoms with Gasteiger partial charge in [0.2, 0.25) is 0 Å². The van der Waals surface area contributed by atoms with Crippen LogP contribution in [0.25, 0.3) is 0 Å². The summed E-state index contributed by atoms with van der Waals surface area (Å²) < 4.78 is 22.1. The van der Waals surface area contributed by atoms with Crippen LogP contribution in [0.4, 0.5) is 9.59 Å². The third-order valence-electron chi connectivity index (χ3n) is 4.93. The van der Waals surface area contributed by atoms with Crippen LogP contribution in [0.5, 0.6) is 0 Å². The Hall–Kier alpha value is -2.60. The van der Waals surface area contributed by atoms with Gasteiger partial charge in [-0.05, 0) is 48.5 Å². The minimum absolute atomic E-state index is 0.0596. The van der Waals surface area contributed by atoms with Crippen molar-refractivity contribution in [1.82, 2.24) is 4.90 Å². The molecule has 2 heterocycles. The molecule has 2 rings (SSSR count). The molecule has 0 N–H and O–H groups in total. The fraction of sp³-hybridized carbons (Fsp3) is 0.727. The molecule has 0 saturated carbocycles. The van der Waals surface area contributed by atoms with Crippen LogP contribution in [-0.2, 0) is 28.5 Å². The van der Waals surface area contributed by atoms with Crippen molar-refractivity contribution in [2.75, 3.05) is 6.61 Å². The number of hydrogen-bond donors (Lipinski definition) is 0. The van der Waals surface area contributed by atoms with Gasteiger partial charge >= 0.3 is 12.2 Å². The highest BCUT2D eigenvalue weighted by Gasteiger charge is 2.71. The molecule has 172 valence electrons. The van der Waals surface area contributed by atoms with Gasteiger partial charge in [-0.2, -0.15) is 0 Å². The monoisotopic (exact) mass is 437 g/mol. The van der Waals surface area contributed by atoms with Crippen LogP contribution >= 0.6 is 0 Å². The Balaban J connectivity index is 2.53. The number of hydrogen-bond acceptors (Lipinski definition) is 8. The normalized spacial score (nSPS) is 30.0. The second-order valence-electron chi connectivity index (χ2n) is 9.56. The molecule has 0 aromatic carbocycles. The number of carbonyl (C=O) groups is 4. The van der Waals surface area contributed by atoms with Gasteiger partial charge < -0.3 is 28.5 Å². The van der Waals surface area contributed by atoms with E-state index in [0.717, 1.165) is 0 Å². The second kappa shape index (κ2) is 8.87. The van der Waals surface area contributed by atoms with E-state index < -0.39 is 53.2 Å². The van der Waals surface area contributed by atoms with E-state index in [4.69, 9.17) is 18.9 Å². The summed E-state index contributed by atoms with van der Waals surface area (Å²) >= 11 is 0. The molecule has 0 aliphatic carbocycles. The third kappa shape index (κ3) is 5.01. The topological polar surface area (TPSA) is 108 Å². The van der Waals surface area contributed by atoms with Gasteiger partial charge in [-0.3, -0.25) is 4.90 Å². The molecule has 0 spiro atoms. The lowest BCUT2D eigenvalue weighted by Gasteiger charge is -2.63. The minimum Gasteiger partial charge on any atom is -0.444 e. The molecule has 2 aliphatic heterocycles. The number of amides is 1. The van der Waals surface area contributed by atoms with Gasteiger partial charge in [-0.1, -0.05) is 5.92 Å². The van der Waals surface area contributed by atoms with E-state index in [2.05, 4.69) is 11.8 Å². The number of aldehydes is 2. The van der Waals surface area contributed by atoms with Gasteiger partial charge in [-0.15, -0.1) is 5.92 Å². The molecule has 0 aromatic heterocycles. The first-order chi connectivity index (χ1) is 14.3. The molecule has 2 aliphatic rings. The summed E-state index contributed by atoms with van der Waals surface area (Å²) in [5, 5.41) is 0. The summed E-state index contributed by atoms with van der Waals surface area (Å²) in [5.74, 6) is 5.18. The van der Waals surface area contributed by atoms with Crippen molar-refractivity contribution in [2.24, 2.45) is 5.92 Å². The van der Waals surface area contributed by atoms with E-state index in [1.165, 1.54) is 4.90 Å². The van der Waals surface area contributed by atoms with Crippen LogP contribution in [0.15, 0.2) is 0 Å². The number of ether oxygens (including phenoxy) is 4. The summed E-state index contributed by atoms with van der Waals surface area (Å²) in [6.07, 6.45) is -2.64. The number of fused-ring (bicyclic) bond motifs is 1. The average molecular weight is 437 g/mol. The molecule has 1 amide bonds. The zero-order valence-electron chi connectivity index (χ0n) is 19.1. The highest BCUT2D eigenvalue weighted by atomic mass is 16.7. The Bertz CT molecular complexity index is 784. The van der Waals surface area contributed by atoms with Crippen LogP contribution in [0.3, 0.4) is 0 Å². The van der Waals surface area contributed by atoms with Crippen molar-refractivity contribution in [2.45, 2.75) is 89.9 Å². The number of likely N-dealkylation sites (tertiary alicyclic amines) is 1. The van der Waals surface area contributed by atoms with Crippen LogP contribution in [-0.4, -0.2) is 71.3 Å². The Labute approximate surface area is 182 Å². The van der Waals surface area contributed by atoms with E-state index >= 15 is 0 Å². The molecule has 31 heavy (non-hydrogen) atoms. The summed E-state index contributed by atoms with van der Waals surface area (Å²) in [6, 6.07) is -0.877. The number of rotatable bonds is 4. The maximum atomic E-state index is 13.1. The first kappa shape index (κ1) is 24.7. The van der Waals surface area contributed by atoms with E-state index in [1.54, 1.807) is 48.5 Å². The number of carbonyl (C=O) groups excluding carboxylic acids is 4. The largest absolute Gasteiger partial charge is 0.509 e. The van der Waals surface area contributed by atoms with Crippen molar-refractivity contribution in [3.8, 4) is 11.8 Å². The Morgan fingerprint density at radius 1 is 1.13 bits per heavy atom.